The number of rotatable bonds is 6. The van der Waals surface area contributed by atoms with E-state index in [0.29, 0.717) is 11.5 Å². The zero-order chi connectivity index (χ0) is 25.2. The normalized spacial score (nSPS) is 20.8. The largest absolute Gasteiger partial charge is 0.454 e. The van der Waals surface area contributed by atoms with Gasteiger partial charge < -0.3 is 23.8 Å². The maximum Gasteiger partial charge on any atom is 0.246 e. The van der Waals surface area contributed by atoms with Crippen LogP contribution in [0.2, 0.25) is 0 Å². The Bertz CT molecular complexity index is 1300. The van der Waals surface area contributed by atoms with Crippen LogP contribution >= 0.6 is 0 Å². The number of piperidine rings is 2. The second-order valence-electron chi connectivity index (χ2n) is 10.2. The van der Waals surface area contributed by atoms with Gasteiger partial charge in [-0.15, -0.1) is 0 Å². The van der Waals surface area contributed by atoms with Gasteiger partial charge in [0.05, 0.1) is 5.69 Å². The highest BCUT2D eigenvalue weighted by atomic mass is 19.1. The van der Waals surface area contributed by atoms with Gasteiger partial charge in [-0.25, -0.2) is 4.39 Å². The number of fused-ring (bicyclic) bond motifs is 2. The summed E-state index contributed by atoms with van der Waals surface area (Å²) in [5, 5.41) is 5.19. The van der Waals surface area contributed by atoms with Crippen LogP contribution in [0.1, 0.15) is 55.7 Å². The minimum absolute atomic E-state index is 0.0791. The third-order valence-electron chi connectivity index (χ3n) is 7.94. The smallest absolute Gasteiger partial charge is 0.246 e. The van der Waals surface area contributed by atoms with Crippen LogP contribution in [0.4, 0.5) is 4.39 Å². The summed E-state index contributed by atoms with van der Waals surface area (Å²) in [5.74, 6) is 1.57. The molecule has 0 unspecified atom stereocenters. The number of carbonyl (C=O) groups excluding carboxylic acids is 1. The summed E-state index contributed by atoms with van der Waals surface area (Å²) >= 11 is 0. The first-order chi connectivity index (χ1) is 18.1. The molecule has 4 heterocycles. The van der Waals surface area contributed by atoms with Crippen molar-refractivity contribution in [1.29, 1.82) is 0 Å². The van der Waals surface area contributed by atoms with E-state index in [1.165, 1.54) is 18.6 Å². The van der Waals surface area contributed by atoms with Crippen LogP contribution in [0.15, 0.2) is 47.0 Å². The fourth-order valence-electron chi connectivity index (χ4n) is 5.86. The third-order valence-corrected chi connectivity index (χ3v) is 7.94. The Labute approximate surface area is 215 Å². The van der Waals surface area contributed by atoms with Crippen molar-refractivity contribution in [1.82, 2.24) is 15.0 Å². The highest BCUT2D eigenvalue weighted by Gasteiger charge is 2.28. The van der Waals surface area contributed by atoms with Crippen molar-refractivity contribution in [2.75, 3.05) is 33.0 Å². The molecule has 2 saturated heterocycles. The average Bonchev–Trinajstić information content (AvgIpc) is 3.57. The van der Waals surface area contributed by atoms with Crippen molar-refractivity contribution in [3.05, 3.63) is 59.5 Å². The van der Waals surface area contributed by atoms with Gasteiger partial charge in [0.2, 0.25) is 12.7 Å². The molecule has 7 nitrogen and oxygen atoms in total. The van der Waals surface area contributed by atoms with Gasteiger partial charge in [-0.2, -0.15) is 0 Å². The number of benzene rings is 2. The van der Waals surface area contributed by atoms with E-state index in [9.17, 15) is 9.18 Å². The van der Waals surface area contributed by atoms with Gasteiger partial charge in [0, 0.05) is 42.6 Å². The van der Waals surface area contributed by atoms with Crippen LogP contribution in [-0.4, -0.2) is 59.9 Å². The van der Waals surface area contributed by atoms with E-state index in [1.807, 2.05) is 24.3 Å². The van der Waals surface area contributed by atoms with Crippen molar-refractivity contribution in [3.63, 3.8) is 0 Å². The van der Waals surface area contributed by atoms with E-state index < -0.39 is 0 Å². The van der Waals surface area contributed by atoms with Crippen molar-refractivity contribution >= 4 is 23.0 Å². The summed E-state index contributed by atoms with van der Waals surface area (Å²) in [4.78, 5) is 17.7. The van der Waals surface area contributed by atoms with E-state index in [4.69, 9.17) is 14.0 Å². The first-order valence-corrected chi connectivity index (χ1v) is 13.3. The van der Waals surface area contributed by atoms with Crippen molar-refractivity contribution < 1.29 is 23.2 Å². The molecule has 3 aliphatic heterocycles. The Morgan fingerprint density at radius 2 is 1.89 bits per heavy atom. The van der Waals surface area contributed by atoms with Crippen LogP contribution in [0, 0.1) is 5.82 Å². The molecule has 1 aromatic heterocycles. The van der Waals surface area contributed by atoms with Gasteiger partial charge >= 0.3 is 0 Å². The second kappa shape index (κ2) is 10.5. The minimum atomic E-state index is -0.302. The van der Waals surface area contributed by atoms with E-state index in [1.54, 1.807) is 12.1 Å². The molecular formula is C29H32FN3O4. The first kappa shape index (κ1) is 24.0. The number of carbonyl (C=O) groups is 1. The number of hydrogen-bond donors (Lipinski definition) is 0. The molecule has 37 heavy (non-hydrogen) atoms. The lowest BCUT2D eigenvalue weighted by molar-refractivity contribution is -0.129. The Kier molecular flexibility index (Phi) is 6.83. The number of aromatic nitrogens is 1. The quantitative estimate of drug-likeness (QED) is 0.420. The summed E-state index contributed by atoms with van der Waals surface area (Å²) in [5.41, 5.74) is 2.40. The molecule has 2 fully saturated rings. The zero-order valence-corrected chi connectivity index (χ0v) is 20.9. The van der Waals surface area contributed by atoms with E-state index >= 15 is 0 Å². The fraction of sp³-hybridized carbons (Fsp3) is 0.448. The first-order valence-electron chi connectivity index (χ1n) is 13.3. The lowest BCUT2D eigenvalue weighted by Crippen LogP contribution is -2.45. The topological polar surface area (TPSA) is 68.0 Å². The number of nitrogens with zero attached hydrogens (tertiary/aromatic N) is 3. The predicted molar refractivity (Wildman–Crippen MR) is 138 cm³/mol. The van der Waals surface area contributed by atoms with Gasteiger partial charge in [0.25, 0.3) is 0 Å². The molecule has 0 N–H and O–H groups in total. The molecule has 3 aromatic rings. The minimum Gasteiger partial charge on any atom is -0.454 e. The molecule has 0 aliphatic carbocycles. The average molecular weight is 506 g/mol. The Morgan fingerprint density at radius 1 is 1.03 bits per heavy atom. The molecule has 3 aliphatic rings. The summed E-state index contributed by atoms with van der Waals surface area (Å²) < 4.78 is 29.7. The zero-order valence-electron chi connectivity index (χ0n) is 20.9. The van der Waals surface area contributed by atoms with Crippen LogP contribution < -0.4 is 9.47 Å². The maximum atomic E-state index is 13.5. The summed E-state index contributed by atoms with van der Waals surface area (Å²) in [7, 11) is 0. The SMILES string of the molecule is O=C(/C=C/c1ccc2c(c1)OCO2)N1CCCC[C@H]1CCN1CCC(c2noc3cc(F)ccc23)CC1. The highest BCUT2D eigenvalue weighted by molar-refractivity contribution is 5.92. The van der Waals surface area contributed by atoms with Crippen molar-refractivity contribution in [2.24, 2.45) is 0 Å². The monoisotopic (exact) mass is 505 g/mol. The Balaban J connectivity index is 1.02. The fourth-order valence-corrected chi connectivity index (χ4v) is 5.86. The van der Waals surface area contributed by atoms with Crippen molar-refractivity contribution in [3.8, 4) is 11.5 Å². The highest BCUT2D eigenvalue weighted by Crippen LogP contribution is 2.34. The lowest BCUT2D eigenvalue weighted by atomic mass is 9.91. The number of halogens is 1. The van der Waals surface area contributed by atoms with Gasteiger partial charge in [0.1, 0.15) is 5.82 Å². The van der Waals surface area contributed by atoms with Crippen LogP contribution in [0.3, 0.4) is 0 Å². The van der Waals surface area contributed by atoms with Crippen molar-refractivity contribution in [2.45, 2.75) is 50.5 Å². The van der Waals surface area contributed by atoms with Gasteiger partial charge in [-0.3, -0.25) is 4.79 Å². The van der Waals surface area contributed by atoms with Crippen LogP contribution in [0.25, 0.3) is 17.0 Å². The predicted octanol–water partition coefficient (Wildman–Crippen LogP) is 5.36. The Hall–Kier alpha value is -3.39. The maximum absolute atomic E-state index is 13.5. The summed E-state index contributed by atoms with van der Waals surface area (Å²) in [6.07, 6.45) is 9.83. The third kappa shape index (κ3) is 5.21. The molecule has 1 atom stereocenters. The summed E-state index contributed by atoms with van der Waals surface area (Å²) in [6.45, 7) is 4.03. The molecule has 0 saturated carbocycles. The van der Waals surface area contributed by atoms with Crippen LogP contribution in [-0.2, 0) is 4.79 Å². The van der Waals surface area contributed by atoms with E-state index in [2.05, 4.69) is 15.0 Å². The molecule has 0 spiro atoms. The Morgan fingerprint density at radius 3 is 2.78 bits per heavy atom. The number of amides is 1. The molecule has 8 heteroatoms. The molecule has 0 radical (unpaired) electrons. The molecule has 194 valence electrons. The molecule has 2 aromatic carbocycles. The second-order valence-corrected chi connectivity index (χ2v) is 10.2. The van der Waals surface area contributed by atoms with E-state index in [0.717, 1.165) is 86.4 Å². The number of likely N-dealkylation sites (tertiary alicyclic amines) is 2. The van der Waals surface area contributed by atoms with Gasteiger partial charge in [0.15, 0.2) is 17.1 Å². The molecular weight excluding hydrogens is 473 g/mol. The van der Waals surface area contributed by atoms with Gasteiger partial charge in [-0.05, 0) is 87.5 Å². The lowest BCUT2D eigenvalue weighted by Gasteiger charge is -2.37. The molecule has 6 rings (SSSR count). The van der Waals surface area contributed by atoms with Gasteiger partial charge in [-0.1, -0.05) is 11.2 Å². The summed E-state index contributed by atoms with van der Waals surface area (Å²) in [6, 6.07) is 10.7. The standard InChI is InChI=1S/C29H32FN3O4/c30-22-6-7-24-26(18-22)37-31-29(24)21-10-14-32(15-11-21)16-12-23-3-1-2-13-33(23)28(34)9-5-20-4-8-25-27(17-20)36-19-35-25/h4-9,17-18,21,23H,1-3,10-16,19H2/b9-5+/t23-/m0/s1. The molecule has 0 bridgehead atoms. The number of hydrogen-bond acceptors (Lipinski definition) is 6. The molecule has 1 amide bonds. The van der Waals surface area contributed by atoms with E-state index in [-0.39, 0.29) is 24.6 Å². The number of ether oxygens (including phenoxy) is 2. The van der Waals surface area contributed by atoms with Crippen LogP contribution in [0.5, 0.6) is 11.5 Å².